The first-order valence-electron chi connectivity index (χ1n) is 5.19. The average molecular weight is 186 g/mol. The summed E-state index contributed by atoms with van der Waals surface area (Å²) < 4.78 is 0. The van der Waals surface area contributed by atoms with Crippen molar-refractivity contribution in [1.29, 1.82) is 0 Å². The molecule has 0 radical (unpaired) electrons. The normalized spacial score (nSPS) is 17.9. The fourth-order valence-corrected chi connectivity index (χ4v) is 1.43. The summed E-state index contributed by atoms with van der Waals surface area (Å²) in [6.07, 6.45) is 2.04. The van der Waals surface area contributed by atoms with Crippen molar-refractivity contribution in [1.82, 2.24) is 0 Å². The van der Waals surface area contributed by atoms with E-state index in [2.05, 4.69) is 20.8 Å². The molecule has 0 aromatic rings. The molecule has 0 aromatic heterocycles. The highest BCUT2D eigenvalue weighted by atomic mass is 16.3. The molecular weight excluding hydrogens is 164 g/mol. The van der Waals surface area contributed by atoms with Crippen molar-refractivity contribution < 1.29 is 9.90 Å². The quantitative estimate of drug-likeness (QED) is 0.691. The minimum absolute atomic E-state index is 0.0320. The van der Waals surface area contributed by atoms with Gasteiger partial charge in [0.1, 0.15) is 6.10 Å². The molecule has 0 amide bonds. The van der Waals surface area contributed by atoms with Crippen molar-refractivity contribution in [2.45, 2.75) is 53.1 Å². The monoisotopic (exact) mass is 186 g/mol. The number of hydrogen-bond acceptors (Lipinski definition) is 2. The average Bonchev–Trinajstić information content (AvgIpc) is 2.04. The van der Waals surface area contributed by atoms with Crippen molar-refractivity contribution in [3.8, 4) is 0 Å². The van der Waals surface area contributed by atoms with Crippen LogP contribution in [0.25, 0.3) is 0 Å². The van der Waals surface area contributed by atoms with Gasteiger partial charge in [-0.15, -0.1) is 0 Å². The number of aliphatic hydroxyl groups is 1. The van der Waals surface area contributed by atoms with Gasteiger partial charge in [0.15, 0.2) is 5.78 Å². The predicted octanol–water partition coefficient (Wildman–Crippen LogP) is 2.40. The maximum absolute atomic E-state index is 11.2. The Morgan fingerprint density at radius 3 is 2.15 bits per heavy atom. The fraction of sp³-hybridized carbons (Fsp3) is 0.909. The second-order valence-corrected chi connectivity index (χ2v) is 4.09. The van der Waals surface area contributed by atoms with E-state index >= 15 is 0 Å². The molecule has 0 bridgehead atoms. The van der Waals surface area contributed by atoms with Crippen LogP contribution in [-0.4, -0.2) is 17.0 Å². The highest BCUT2D eigenvalue weighted by molar-refractivity contribution is 5.82. The molecule has 0 heterocycles. The zero-order valence-corrected chi connectivity index (χ0v) is 9.21. The Bertz CT molecular complexity index is 152. The lowest BCUT2D eigenvalue weighted by atomic mass is 9.87. The molecule has 0 fully saturated rings. The molecule has 0 saturated heterocycles. The summed E-state index contributed by atoms with van der Waals surface area (Å²) in [5, 5.41) is 9.03. The zero-order valence-electron chi connectivity index (χ0n) is 9.21. The molecule has 1 N–H and O–H groups in total. The minimum Gasteiger partial charge on any atom is -0.386 e. The molecule has 0 rings (SSSR count). The van der Waals surface area contributed by atoms with Crippen LogP contribution < -0.4 is 0 Å². The van der Waals surface area contributed by atoms with E-state index in [0.717, 1.165) is 12.8 Å². The molecule has 0 aromatic carbocycles. The second-order valence-electron chi connectivity index (χ2n) is 4.09. The molecule has 0 aliphatic carbocycles. The van der Waals surface area contributed by atoms with E-state index in [-0.39, 0.29) is 5.78 Å². The van der Waals surface area contributed by atoms with Gasteiger partial charge in [0.05, 0.1) is 0 Å². The maximum atomic E-state index is 11.2. The van der Waals surface area contributed by atoms with E-state index in [1.807, 2.05) is 0 Å². The molecule has 0 spiro atoms. The van der Waals surface area contributed by atoms with Crippen LogP contribution in [-0.2, 0) is 4.79 Å². The van der Waals surface area contributed by atoms with Gasteiger partial charge in [-0.05, 0) is 18.8 Å². The Hall–Kier alpha value is -0.370. The lowest BCUT2D eigenvalue weighted by molar-refractivity contribution is -0.127. The van der Waals surface area contributed by atoms with Crippen LogP contribution in [0.1, 0.15) is 47.0 Å². The van der Waals surface area contributed by atoms with Crippen LogP contribution in [0.4, 0.5) is 0 Å². The Labute approximate surface area is 81.3 Å². The Kier molecular flexibility index (Phi) is 5.97. The molecule has 0 saturated carbocycles. The SMILES string of the molecule is CCCC(C)C(C)CC(=O)C(C)O. The predicted molar refractivity (Wildman–Crippen MR) is 54.5 cm³/mol. The molecule has 3 unspecified atom stereocenters. The van der Waals surface area contributed by atoms with Gasteiger partial charge >= 0.3 is 0 Å². The van der Waals surface area contributed by atoms with Crippen molar-refractivity contribution in [3.05, 3.63) is 0 Å². The summed E-state index contributed by atoms with van der Waals surface area (Å²) in [6, 6.07) is 0. The maximum Gasteiger partial charge on any atom is 0.161 e. The van der Waals surface area contributed by atoms with Gasteiger partial charge in [-0.1, -0.05) is 33.6 Å². The van der Waals surface area contributed by atoms with E-state index in [1.165, 1.54) is 0 Å². The van der Waals surface area contributed by atoms with Gasteiger partial charge in [-0.25, -0.2) is 0 Å². The summed E-state index contributed by atoms with van der Waals surface area (Å²) in [4.78, 5) is 11.2. The first-order chi connectivity index (χ1) is 5.99. The highest BCUT2D eigenvalue weighted by Crippen LogP contribution is 2.20. The van der Waals surface area contributed by atoms with Crippen LogP contribution in [0.5, 0.6) is 0 Å². The summed E-state index contributed by atoms with van der Waals surface area (Å²) in [7, 11) is 0. The number of carbonyl (C=O) groups excluding carboxylic acids is 1. The number of carbonyl (C=O) groups is 1. The van der Waals surface area contributed by atoms with Crippen LogP contribution >= 0.6 is 0 Å². The number of aliphatic hydroxyl groups excluding tert-OH is 1. The lowest BCUT2D eigenvalue weighted by Gasteiger charge is -2.18. The summed E-state index contributed by atoms with van der Waals surface area (Å²) in [6.45, 7) is 7.95. The molecule has 13 heavy (non-hydrogen) atoms. The smallest absolute Gasteiger partial charge is 0.161 e. The molecule has 2 heteroatoms. The number of rotatable bonds is 6. The van der Waals surface area contributed by atoms with Crippen LogP contribution in [0, 0.1) is 11.8 Å². The van der Waals surface area contributed by atoms with E-state index in [0.29, 0.717) is 18.3 Å². The first kappa shape index (κ1) is 12.6. The molecule has 0 aliphatic rings. The third kappa shape index (κ3) is 5.04. The Morgan fingerprint density at radius 1 is 1.23 bits per heavy atom. The fourth-order valence-electron chi connectivity index (χ4n) is 1.43. The van der Waals surface area contributed by atoms with Gasteiger partial charge in [0.2, 0.25) is 0 Å². The van der Waals surface area contributed by atoms with Crippen molar-refractivity contribution in [3.63, 3.8) is 0 Å². The summed E-state index contributed by atoms with van der Waals surface area (Å²) in [5.74, 6) is 0.935. The Morgan fingerprint density at radius 2 is 1.77 bits per heavy atom. The van der Waals surface area contributed by atoms with Crippen molar-refractivity contribution in [2.24, 2.45) is 11.8 Å². The summed E-state index contributed by atoms with van der Waals surface area (Å²) >= 11 is 0. The van der Waals surface area contributed by atoms with E-state index in [1.54, 1.807) is 6.92 Å². The van der Waals surface area contributed by atoms with E-state index in [4.69, 9.17) is 5.11 Å². The lowest BCUT2D eigenvalue weighted by Crippen LogP contribution is -2.21. The standard InChI is InChI=1S/C11H22O2/c1-5-6-8(2)9(3)7-11(13)10(4)12/h8-10,12H,5-7H2,1-4H3. The third-order valence-corrected chi connectivity index (χ3v) is 2.70. The number of hydrogen-bond donors (Lipinski definition) is 1. The summed E-state index contributed by atoms with van der Waals surface area (Å²) in [5.41, 5.74) is 0. The zero-order chi connectivity index (χ0) is 10.4. The second kappa shape index (κ2) is 6.14. The topological polar surface area (TPSA) is 37.3 Å². The van der Waals surface area contributed by atoms with Gasteiger partial charge in [0, 0.05) is 6.42 Å². The van der Waals surface area contributed by atoms with Crippen LogP contribution in [0.3, 0.4) is 0 Å². The van der Waals surface area contributed by atoms with E-state index < -0.39 is 6.10 Å². The largest absolute Gasteiger partial charge is 0.386 e. The molecule has 78 valence electrons. The molecule has 2 nitrogen and oxygen atoms in total. The first-order valence-corrected chi connectivity index (χ1v) is 5.19. The van der Waals surface area contributed by atoms with Crippen molar-refractivity contribution >= 4 is 5.78 Å². The van der Waals surface area contributed by atoms with Crippen LogP contribution in [0.2, 0.25) is 0 Å². The van der Waals surface area contributed by atoms with Crippen LogP contribution in [0.15, 0.2) is 0 Å². The van der Waals surface area contributed by atoms with Crippen molar-refractivity contribution in [2.75, 3.05) is 0 Å². The molecular formula is C11H22O2. The highest BCUT2D eigenvalue weighted by Gasteiger charge is 2.17. The molecule has 0 aliphatic heterocycles. The van der Waals surface area contributed by atoms with Gasteiger partial charge in [-0.3, -0.25) is 4.79 Å². The number of Topliss-reactive ketones (excluding diaryl/α,β-unsaturated/α-hetero) is 1. The Balaban J connectivity index is 3.85. The van der Waals surface area contributed by atoms with Gasteiger partial charge in [0.25, 0.3) is 0 Å². The number of ketones is 1. The minimum atomic E-state index is -0.795. The van der Waals surface area contributed by atoms with Gasteiger partial charge < -0.3 is 5.11 Å². The third-order valence-electron chi connectivity index (χ3n) is 2.70. The molecule has 3 atom stereocenters. The van der Waals surface area contributed by atoms with E-state index in [9.17, 15) is 4.79 Å². The van der Waals surface area contributed by atoms with Gasteiger partial charge in [-0.2, -0.15) is 0 Å².